The number of aromatic amines is 1. The number of methoxy groups -OCH3 is 1. The average Bonchev–Trinajstić information content (AvgIpc) is 4.07. The smallest absolute Gasteiger partial charge is 0.415 e. The number of piperidine rings is 3. The molecule has 3 aliphatic heterocycles. The van der Waals surface area contributed by atoms with E-state index >= 15 is 0 Å². The van der Waals surface area contributed by atoms with Crippen LogP contribution in [-0.2, 0) is 22.4 Å². The molecule has 4 aromatic rings. The lowest BCUT2D eigenvalue weighted by Crippen LogP contribution is -2.42. The van der Waals surface area contributed by atoms with Gasteiger partial charge in [-0.15, -0.1) is 0 Å². The number of carbonyl (C=O) groups is 2. The molecule has 4 bridgehead atoms. The largest absolute Gasteiger partial charge is 0.493 e. The van der Waals surface area contributed by atoms with Crippen molar-refractivity contribution < 1.29 is 33.5 Å². The Hall–Kier alpha value is -4.38. The van der Waals surface area contributed by atoms with Gasteiger partial charge in [-0.1, -0.05) is 41.4 Å². The Balaban J connectivity index is 1.01. The monoisotopic (exact) mass is 729 g/mol. The van der Waals surface area contributed by atoms with Gasteiger partial charge in [0.05, 0.1) is 37.7 Å². The Kier molecular flexibility index (Phi) is 9.25. The van der Waals surface area contributed by atoms with Gasteiger partial charge in [-0.05, 0) is 79.3 Å². The van der Waals surface area contributed by atoms with E-state index in [0.29, 0.717) is 68.3 Å². The first kappa shape index (κ1) is 33.7. The van der Waals surface area contributed by atoms with Gasteiger partial charge >= 0.3 is 12.1 Å². The van der Waals surface area contributed by atoms with Crippen LogP contribution in [0.3, 0.4) is 0 Å². The number of anilines is 1. The molecule has 12 heteroatoms. The molecule has 2 aromatic heterocycles. The Labute approximate surface area is 306 Å². The summed E-state index contributed by atoms with van der Waals surface area (Å²) in [5.74, 6) is 2.07. The molecule has 5 fully saturated rings. The van der Waals surface area contributed by atoms with Gasteiger partial charge in [-0.3, -0.25) is 14.8 Å². The lowest BCUT2D eigenvalue weighted by atomic mass is 10.0. The second kappa shape index (κ2) is 14.0. The van der Waals surface area contributed by atoms with Crippen LogP contribution in [0.15, 0.2) is 79.4 Å². The summed E-state index contributed by atoms with van der Waals surface area (Å²) in [6.45, 7) is 3.72. The fraction of sp³-hybridized carbons (Fsp3) is 0.385. The number of nitrogens with one attached hydrogen (secondary N) is 1. The second-order valence-corrected chi connectivity index (χ2v) is 14.8. The number of aromatic nitrogens is 2. The van der Waals surface area contributed by atoms with Gasteiger partial charge < -0.3 is 18.9 Å². The van der Waals surface area contributed by atoms with E-state index in [0.717, 1.165) is 44.5 Å². The van der Waals surface area contributed by atoms with Crippen LogP contribution >= 0.6 is 23.2 Å². The highest BCUT2D eigenvalue weighted by atomic mass is 35.5. The number of esters is 1. The van der Waals surface area contributed by atoms with Crippen LogP contribution in [-0.4, -0.2) is 60.9 Å². The van der Waals surface area contributed by atoms with E-state index in [1.807, 2.05) is 36.4 Å². The molecule has 51 heavy (non-hydrogen) atoms. The number of fused-ring (bicyclic) bond motifs is 1. The van der Waals surface area contributed by atoms with Gasteiger partial charge in [0.15, 0.2) is 23.9 Å². The molecule has 1 amide bonds. The van der Waals surface area contributed by atoms with Crippen molar-refractivity contribution in [3.05, 3.63) is 112 Å². The van der Waals surface area contributed by atoms with E-state index in [1.165, 1.54) is 0 Å². The van der Waals surface area contributed by atoms with Crippen LogP contribution in [0.25, 0.3) is 0 Å². The van der Waals surface area contributed by atoms with Gasteiger partial charge in [0.2, 0.25) is 0 Å². The molecule has 2 saturated carbocycles. The third-order valence-electron chi connectivity index (χ3n) is 10.7. The van der Waals surface area contributed by atoms with Crippen LogP contribution in [0.4, 0.5) is 10.5 Å². The highest BCUT2D eigenvalue weighted by molar-refractivity contribution is 6.35. The third kappa shape index (κ3) is 6.97. The number of ether oxygens (including phenoxy) is 4. The number of hydrogen-bond acceptors (Lipinski definition) is 8. The van der Waals surface area contributed by atoms with E-state index in [4.69, 9.17) is 42.1 Å². The number of H-pyrrole nitrogens is 1. The minimum absolute atomic E-state index is 0.230. The first-order chi connectivity index (χ1) is 24.8. The predicted molar refractivity (Wildman–Crippen MR) is 190 cm³/mol. The van der Waals surface area contributed by atoms with Crippen molar-refractivity contribution >= 4 is 41.0 Å². The summed E-state index contributed by atoms with van der Waals surface area (Å²) in [6, 6.07) is 16.2. The molecule has 3 saturated heterocycles. The Morgan fingerprint density at radius 2 is 1.84 bits per heavy atom. The molecule has 0 spiro atoms. The highest BCUT2D eigenvalue weighted by Gasteiger charge is 2.74. The summed E-state index contributed by atoms with van der Waals surface area (Å²) < 4.78 is 24.1. The molecule has 9 rings (SSSR count). The predicted octanol–water partition coefficient (Wildman–Crippen LogP) is 6.99. The first-order valence-corrected chi connectivity index (χ1v) is 18.1. The minimum Gasteiger partial charge on any atom is -0.493 e. The molecule has 2 aromatic carbocycles. The fourth-order valence-corrected chi connectivity index (χ4v) is 8.14. The number of pyridine rings is 2. The normalized spacial score (nSPS) is 23.2. The van der Waals surface area contributed by atoms with Crippen molar-refractivity contribution in [3.8, 4) is 11.5 Å². The van der Waals surface area contributed by atoms with Gasteiger partial charge in [0.1, 0.15) is 21.8 Å². The highest BCUT2D eigenvalue weighted by Crippen LogP contribution is 2.63. The maximum Gasteiger partial charge on any atom is 0.415 e. The van der Waals surface area contributed by atoms with Crippen molar-refractivity contribution in [2.45, 2.75) is 43.9 Å². The molecular weight excluding hydrogens is 691 g/mol. The average molecular weight is 731 g/mol. The van der Waals surface area contributed by atoms with E-state index in [1.54, 1.807) is 55.0 Å². The Morgan fingerprint density at radius 3 is 2.49 bits per heavy atom. The molecule has 10 nitrogen and oxygen atoms in total. The number of rotatable bonds is 13. The second-order valence-electron chi connectivity index (χ2n) is 13.9. The molecule has 1 N–H and O–H groups in total. The molecule has 5 heterocycles. The van der Waals surface area contributed by atoms with Gasteiger partial charge in [0.25, 0.3) is 0 Å². The standard InChI is InChI=1S/C39H38Cl2N4O6/c1-48-34-11-10-27(15-36(34)49-22-25-4-5-25)35(16-29-32(40)18-43-19-33(29)41)50-37(46)26-8-6-24(7-9-26)20-45(28-3-2-13-42-17-28)38(47)51-39-23-44-14-12-30(39)31(39)21-44/h2-3,6-11,13,15,17-19,25,30-31,35H,4-5,12,14,16,20-23H2,1H3/p+1/t30?,31?,35-,39+/m0/s1. The van der Waals surface area contributed by atoms with Crippen LogP contribution in [0.2, 0.25) is 10.0 Å². The number of nitrogens with zero attached hydrogens (tertiary/aromatic N) is 3. The third-order valence-corrected chi connectivity index (χ3v) is 11.3. The SMILES string of the molecule is COc1ccc([C@H](Cc2c(Cl)c[nH+]cc2Cl)OC(=O)c2ccc(CN(C(=O)O[C@]34CN5CCC3C4C5)c3cccnc3)cc2)cc1OCC1CC1. The minimum atomic E-state index is -0.743. The lowest BCUT2D eigenvalue weighted by Gasteiger charge is -2.31. The number of carbonyl (C=O) groups excluding carboxylic acids is 2. The van der Waals surface area contributed by atoms with Crippen LogP contribution < -0.4 is 19.4 Å². The number of benzene rings is 2. The quantitative estimate of drug-likeness (QED) is 0.136. The fourth-order valence-electron chi connectivity index (χ4n) is 7.61. The Morgan fingerprint density at radius 1 is 1.04 bits per heavy atom. The molecule has 264 valence electrons. The zero-order valence-electron chi connectivity index (χ0n) is 28.2. The zero-order chi connectivity index (χ0) is 35.1. The first-order valence-electron chi connectivity index (χ1n) is 17.4. The zero-order valence-corrected chi connectivity index (χ0v) is 29.7. The summed E-state index contributed by atoms with van der Waals surface area (Å²) in [7, 11) is 1.60. The molecule has 5 atom stereocenters. The molecule has 2 aliphatic carbocycles. The van der Waals surface area contributed by atoms with Gasteiger partial charge in [-0.2, -0.15) is 0 Å². The summed E-state index contributed by atoms with van der Waals surface area (Å²) >= 11 is 13.1. The van der Waals surface area contributed by atoms with Crippen LogP contribution in [0, 0.1) is 17.8 Å². The van der Waals surface area contributed by atoms with Crippen LogP contribution in [0.5, 0.6) is 11.5 Å². The van der Waals surface area contributed by atoms with Gasteiger partial charge in [0, 0.05) is 43.1 Å². The topological polar surface area (TPSA) is 105 Å². The van der Waals surface area contributed by atoms with Crippen molar-refractivity contribution in [2.24, 2.45) is 17.8 Å². The Bertz CT molecular complexity index is 1900. The van der Waals surface area contributed by atoms with Crippen LogP contribution in [0.1, 0.15) is 52.4 Å². The summed E-state index contributed by atoms with van der Waals surface area (Å²) in [4.78, 5) is 38.6. The van der Waals surface area contributed by atoms with E-state index in [2.05, 4.69) is 14.9 Å². The molecule has 0 radical (unpaired) electrons. The van der Waals surface area contributed by atoms with E-state index in [-0.39, 0.29) is 24.7 Å². The number of halogens is 2. The van der Waals surface area contributed by atoms with E-state index < -0.39 is 12.1 Å². The maximum absolute atomic E-state index is 13.7. The summed E-state index contributed by atoms with van der Waals surface area (Å²) in [6.07, 6.45) is 9.08. The van der Waals surface area contributed by atoms with E-state index in [9.17, 15) is 9.59 Å². The van der Waals surface area contributed by atoms with Crippen molar-refractivity contribution in [2.75, 3.05) is 38.3 Å². The lowest BCUT2D eigenvalue weighted by molar-refractivity contribution is -0.377. The number of amides is 1. The molecule has 3 unspecified atom stereocenters. The molecule has 5 aliphatic rings. The summed E-state index contributed by atoms with van der Waals surface area (Å²) in [5, 5.41) is 0.858. The summed E-state index contributed by atoms with van der Waals surface area (Å²) in [5.41, 5.74) is 2.79. The van der Waals surface area contributed by atoms with Crippen molar-refractivity contribution in [1.29, 1.82) is 0 Å². The van der Waals surface area contributed by atoms with Gasteiger partial charge in [-0.25, -0.2) is 14.6 Å². The van der Waals surface area contributed by atoms with Crippen molar-refractivity contribution in [1.82, 2.24) is 9.88 Å². The van der Waals surface area contributed by atoms with Crippen molar-refractivity contribution in [3.63, 3.8) is 0 Å². The number of hydrogen-bond donors (Lipinski definition) is 0. The maximum atomic E-state index is 13.7. The molecular formula is C39H39Cl2N4O6+.